The summed E-state index contributed by atoms with van der Waals surface area (Å²) in [6.45, 7) is 0. The van der Waals surface area contributed by atoms with Gasteiger partial charge < -0.3 is 9.47 Å². The van der Waals surface area contributed by atoms with Gasteiger partial charge in [0.05, 0.1) is 7.11 Å². The van der Waals surface area contributed by atoms with Gasteiger partial charge in [-0.2, -0.15) is 0 Å². The third kappa shape index (κ3) is 4.27. The average molecular weight is 262 g/mol. The summed E-state index contributed by atoms with van der Waals surface area (Å²) in [5.41, 5.74) is 1.06. The molecule has 1 aliphatic carbocycles. The van der Waals surface area contributed by atoms with Gasteiger partial charge in [0.1, 0.15) is 11.9 Å². The van der Waals surface area contributed by atoms with E-state index in [1.807, 2.05) is 24.3 Å². The topological polar surface area (TPSA) is 35.5 Å². The van der Waals surface area contributed by atoms with Crippen molar-refractivity contribution in [2.75, 3.05) is 7.11 Å². The first kappa shape index (κ1) is 13.9. The lowest BCUT2D eigenvalue weighted by molar-refractivity contribution is -0.150. The number of hydrogen-bond acceptors (Lipinski definition) is 3. The zero-order valence-electron chi connectivity index (χ0n) is 11.6. The number of hydrogen-bond donors (Lipinski definition) is 0. The molecule has 0 bridgehead atoms. The normalized spacial score (nSPS) is 16.1. The summed E-state index contributed by atoms with van der Waals surface area (Å²) in [5, 5.41) is 0. The molecular weight excluding hydrogens is 240 g/mol. The maximum atomic E-state index is 11.8. The van der Waals surface area contributed by atoms with Crippen LogP contribution in [0.4, 0.5) is 0 Å². The van der Waals surface area contributed by atoms with Gasteiger partial charge in [-0.15, -0.1) is 0 Å². The molecule has 1 aromatic rings. The molecule has 1 aliphatic rings. The predicted octanol–water partition coefficient (Wildman–Crippen LogP) is 3.50. The highest BCUT2D eigenvalue weighted by Crippen LogP contribution is 2.22. The van der Waals surface area contributed by atoms with Gasteiger partial charge >= 0.3 is 5.97 Å². The standard InChI is InChI=1S/C16H22O3/c1-18-15-10-6-5-7-13(15)11-12-16(17)19-14-8-3-2-4-9-14/h5-7,10,14H,2-4,8-9,11-12H2,1H3. The van der Waals surface area contributed by atoms with Crippen molar-refractivity contribution >= 4 is 5.97 Å². The van der Waals surface area contributed by atoms with Crippen LogP contribution in [-0.4, -0.2) is 19.2 Å². The molecule has 0 aromatic heterocycles. The third-order valence-electron chi connectivity index (χ3n) is 3.64. The lowest BCUT2D eigenvalue weighted by atomic mass is 9.98. The lowest BCUT2D eigenvalue weighted by Gasteiger charge is -2.21. The molecule has 19 heavy (non-hydrogen) atoms. The van der Waals surface area contributed by atoms with Crippen molar-refractivity contribution in [2.24, 2.45) is 0 Å². The van der Waals surface area contributed by atoms with E-state index in [0.717, 1.165) is 24.2 Å². The molecule has 3 nitrogen and oxygen atoms in total. The molecule has 0 unspecified atom stereocenters. The summed E-state index contributed by atoms with van der Waals surface area (Å²) in [5.74, 6) is 0.755. The molecule has 1 fully saturated rings. The number of carbonyl (C=O) groups is 1. The first-order valence-electron chi connectivity index (χ1n) is 7.11. The number of carbonyl (C=O) groups excluding carboxylic acids is 1. The van der Waals surface area contributed by atoms with Crippen molar-refractivity contribution in [1.82, 2.24) is 0 Å². The number of ether oxygens (including phenoxy) is 2. The highest BCUT2D eigenvalue weighted by Gasteiger charge is 2.17. The van der Waals surface area contributed by atoms with Gasteiger partial charge in [0.25, 0.3) is 0 Å². The quantitative estimate of drug-likeness (QED) is 0.762. The molecule has 0 aliphatic heterocycles. The van der Waals surface area contributed by atoms with Crippen LogP contribution in [0.3, 0.4) is 0 Å². The van der Waals surface area contributed by atoms with Gasteiger partial charge in [0.15, 0.2) is 0 Å². The van der Waals surface area contributed by atoms with Gasteiger partial charge in [-0.25, -0.2) is 0 Å². The van der Waals surface area contributed by atoms with E-state index in [9.17, 15) is 4.79 Å². The minimum atomic E-state index is -0.0854. The van der Waals surface area contributed by atoms with E-state index in [2.05, 4.69) is 0 Å². The minimum Gasteiger partial charge on any atom is -0.496 e. The van der Waals surface area contributed by atoms with E-state index >= 15 is 0 Å². The lowest BCUT2D eigenvalue weighted by Crippen LogP contribution is -2.21. The van der Waals surface area contributed by atoms with Crippen LogP contribution in [0, 0.1) is 0 Å². The van der Waals surface area contributed by atoms with E-state index in [-0.39, 0.29) is 12.1 Å². The van der Waals surface area contributed by atoms with Crippen LogP contribution >= 0.6 is 0 Å². The molecule has 0 saturated heterocycles. The summed E-state index contributed by atoms with van der Waals surface area (Å²) < 4.78 is 10.8. The van der Waals surface area contributed by atoms with Crippen LogP contribution in [0.1, 0.15) is 44.1 Å². The Morgan fingerprint density at radius 3 is 2.68 bits per heavy atom. The van der Waals surface area contributed by atoms with E-state index in [1.165, 1.54) is 19.3 Å². The van der Waals surface area contributed by atoms with Crippen LogP contribution in [0.25, 0.3) is 0 Å². The van der Waals surface area contributed by atoms with Crippen LogP contribution in [-0.2, 0) is 16.0 Å². The number of rotatable bonds is 5. The third-order valence-corrected chi connectivity index (χ3v) is 3.64. The van der Waals surface area contributed by atoms with Crippen LogP contribution < -0.4 is 4.74 Å². The molecule has 1 saturated carbocycles. The molecule has 104 valence electrons. The fraction of sp³-hybridized carbons (Fsp3) is 0.562. The Labute approximate surface area is 114 Å². The Morgan fingerprint density at radius 1 is 1.21 bits per heavy atom. The summed E-state index contributed by atoms with van der Waals surface area (Å²) in [4.78, 5) is 11.8. The molecule has 0 amide bonds. The SMILES string of the molecule is COc1ccccc1CCC(=O)OC1CCCCC1. The van der Waals surface area contributed by atoms with E-state index in [1.54, 1.807) is 7.11 Å². The van der Waals surface area contributed by atoms with Crippen LogP contribution in [0.15, 0.2) is 24.3 Å². The van der Waals surface area contributed by atoms with Gasteiger partial charge in [0.2, 0.25) is 0 Å². The van der Waals surface area contributed by atoms with Crippen molar-refractivity contribution in [1.29, 1.82) is 0 Å². The van der Waals surface area contributed by atoms with Crippen LogP contribution in [0.5, 0.6) is 5.75 Å². The molecule has 0 N–H and O–H groups in total. The molecule has 0 radical (unpaired) electrons. The highest BCUT2D eigenvalue weighted by molar-refractivity contribution is 5.70. The van der Waals surface area contributed by atoms with E-state index in [4.69, 9.17) is 9.47 Å². The van der Waals surface area contributed by atoms with Crippen molar-refractivity contribution < 1.29 is 14.3 Å². The van der Waals surface area contributed by atoms with Gasteiger partial charge in [-0.1, -0.05) is 24.6 Å². The zero-order chi connectivity index (χ0) is 13.5. The first-order valence-corrected chi connectivity index (χ1v) is 7.11. The molecule has 2 rings (SSSR count). The van der Waals surface area contributed by atoms with E-state index in [0.29, 0.717) is 12.8 Å². The van der Waals surface area contributed by atoms with Crippen LogP contribution in [0.2, 0.25) is 0 Å². The minimum absolute atomic E-state index is 0.0854. The molecule has 0 heterocycles. The summed E-state index contributed by atoms with van der Waals surface area (Å²) in [6.07, 6.45) is 6.95. The predicted molar refractivity (Wildman–Crippen MR) is 74.3 cm³/mol. The number of aryl methyl sites for hydroxylation is 1. The molecule has 0 atom stereocenters. The fourth-order valence-corrected chi connectivity index (χ4v) is 2.57. The number of methoxy groups -OCH3 is 1. The number of benzene rings is 1. The second kappa shape index (κ2) is 7.17. The molecule has 0 spiro atoms. The number of para-hydroxylation sites is 1. The van der Waals surface area contributed by atoms with E-state index < -0.39 is 0 Å². The Hall–Kier alpha value is -1.51. The Kier molecular flexibility index (Phi) is 5.25. The average Bonchev–Trinajstić information content (AvgIpc) is 2.46. The largest absolute Gasteiger partial charge is 0.496 e. The first-order chi connectivity index (χ1) is 9.29. The molecule has 3 heteroatoms. The Morgan fingerprint density at radius 2 is 1.95 bits per heavy atom. The number of esters is 1. The van der Waals surface area contributed by atoms with Crippen molar-refractivity contribution in [3.05, 3.63) is 29.8 Å². The maximum Gasteiger partial charge on any atom is 0.306 e. The summed E-state index contributed by atoms with van der Waals surface area (Å²) in [6, 6.07) is 7.81. The van der Waals surface area contributed by atoms with Crippen molar-refractivity contribution in [3.8, 4) is 5.75 Å². The van der Waals surface area contributed by atoms with Gasteiger partial charge in [-0.3, -0.25) is 4.79 Å². The zero-order valence-corrected chi connectivity index (χ0v) is 11.6. The smallest absolute Gasteiger partial charge is 0.306 e. The monoisotopic (exact) mass is 262 g/mol. The molecular formula is C16H22O3. The van der Waals surface area contributed by atoms with Crippen molar-refractivity contribution in [3.63, 3.8) is 0 Å². The van der Waals surface area contributed by atoms with Crippen molar-refractivity contribution in [2.45, 2.75) is 51.0 Å². The molecule has 1 aromatic carbocycles. The second-order valence-electron chi connectivity index (χ2n) is 5.06. The summed E-state index contributed by atoms with van der Waals surface area (Å²) in [7, 11) is 1.65. The maximum absolute atomic E-state index is 11.8. The fourth-order valence-electron chi connectivity index (χ4n) is 2.57. The second-order valence-corrected chi connectivity index (χ2v) is 5.06. The Balaban J connectivity index is 1.79. The van der Waals surface area contributed by atoms with Gasteiger partial charge in [-0.05, 0) is 43.7 Å². The highest BCUT2D eigenvalue weighted by atomic mass is 16.5. The Bertz CT molecular complexity index is 408. The summed E-state index contributed by atoms with van der Waals surface area (Å²) >= 11 is 0. The van der Waals surface area contributed by atoms with Gasteiger partial charge in [0, 0.05) is 6.42 Å².